The zero-order valence-electron chi connectivity index (χ0n) is 16.8. The van der Waals surface area contributed by atoms with Crippen molar-refractivity contribution in [2.24, 2.45) is 0 Å². The van der Waals surface area contributed by atoms with Crippen LogP contribution in [0.15, 0.2) is 42.5 Å². The van der Waals surface area contributed by atoms with E-state index in [1.54, 1.807) is 31.4 Å². The van der Waals surface area contributed by atoms with Crippen molar-refractivity contribution in [1.29, 1.82) is 0 Å². The summed E-state index contributed by atoms with van der Waals surface area (Å²) >= 11 is 0. The number of anilines is 2. The maximum absolute atomic E-state index is 12.3. The van der Waals surface area contributed by atoms with Gasteiger partial charge in [0, 0.05) is 37.2 Å². The Balaban J connectivity index is 1.85. The molecule has 0 aliphatic heterocycles. The van der Waals surface area contributed by atoms with Gasteiger partial charge in [-0.1, -0.05) is 25.1 Å². The lowest BCUT2D eigenvalue weighted by atomic mass is 10.1. The molecule has 0 saturated heterocycles. The average Bonchev–Trinajstić information content (AvgIpc) is 2.70. The maximum atomic E-state index is 12.3. The normalized spacial score (nSPS) is 10.4. The van der Waals surface area contributed by atoms with Crippen LogP contribution in [0, 0.1) is 6.92 Å². The van der Waals surface area contributed by atoms with Crippen molar-refractivity contribution >= 4 is 23.2 Å². The van der Waals surface area contributed by atoms with E-state index in [2.05, 4.69) is 28.9 Å². The van der Waals surface area contributed by atoms with Crippen molar-refractivity contribution in [3.8, 4) is 0 Å². The molecule has 0 atom stereocenters. The highest BCUT2D eigenvalue weighted by Crippen LogP contribution is 2.20. The second kappa shape index (κ2) is 11.1. The van der Waals surface area contributed by atoms with Crippen LogP contribution in [0.5, 0.6) is 0 Å². The van der Waals surface area contributed by atoms with Gasteiger partial charge in [0.05, 0.1) is 6.54 Å². The van der Waals surface area contributed by atoms with Gasteiger partial charge in [-0.05, 0) is 55.2 Å². The highest BCUT2D eigenvalue weighted by atomic mass is 16.5. The van der Waals surface area contributed by atoms with E-state index in [0.717, 1.165) is 24.1 Å². The van der Waals surface area contributed by atoms with Crippen molar-refractivity contribution in [3.05, 3.63) is 59.2 Å². The topological polar surface area (TPSA) is 79.5 Å². The molecule has 150 valence electrons. The van der Waals surface area contributed by atoms with E-state index >= 15 is 0 Å². The van der Waals surface area contributed by atoms with E-state index in [9.17, 15) is 9.59 Å². The molecule has 2 amide bonds. The Morgan fingerprint density at radius 2 is 1.82 bits per heavy atom. The lowest BCUT2D eigenvalue weighted by Crippen LogP contribution is -2.25. The summed E-state index contributed by atoms with van der Waals surface area (Å²) in [5.41, 5.74) is 4.53. The molecule has 0 radical (unpaired) electrons. The van der Waals surface area contributed by atoms with Gasteiger partial charge in [0.25, 0.3) is 5.91 Å². The fraction of sp³-hybridized carbons (Fsp3) is 0.364. The van der Waals surface area contributed by atoms with Crippen molar-refractivity contribution in [1.82, 2.24) is 5.32 Å². The molecule has 0 bridgehead atoms. The van der Waals surface area contributed by atoms with Crippen molar-refractivity contribution in [3.63, 3.8) is 0 Å². The molecule has 0 aliphatic rings. The second-order valence-corrected chi connectivity index (χ2v) is 6.54. The number of ether oxygens (including phenoxy) is 1. The fourth-order valence-corrected chi connectivity index (χ4v) is 2.88. The van der Waals surface area contributed by atoms with Crippen LogP contribution in [0.1, 0.15) is 34.8 Å². The van der Waals surface area contributed by atoms with Crippen LogP contribution < -0.4 is 16.0 Å². The number of hydrogen-bond acceptors (Lipinski definition) is 4. The minimum absolute atomic E-state index is 0.137. The van der Waals surface area contributed by atoms with E-state index in [4.69, 9.17) is 4.74 Å². The number of carbonyl (C=O) groups is 2. The first-order valence-electron chi connectivity index (χ1n) is 9.54. The van der Waals surface area contributed by atoms with Crippen molar-refractivity contribution < 1.29 is 14.3 Å². The summed E-state index contributed by atoms with van der Waals surface area (Å²) in [7, 11) is 1.63. The number of carbonyl (C=O) groups excluding carboxylic acids is 2. The fourth-order valence-electron chi connectivity index (χ4n) is 2.88. The predicted octanol–water partition coefficient (Wildman–Crippen LogP) is 3.37. The molecule has 2 aromatic carbocycles. The predicted molar refractivity (Wildman–Crippen MR) is 113 cm³/mol. The lowest BCUT2D eigenvalue weighted by molar-refractivity contribution is -0.114. The summed E-state index contributed by atoms with van der Waals surface area (Å²) < 4.78 is 4.95. The molecule has 6 heteroatoms. The number of para-hydroxylation sites is 1. The molecule has 2 rings (SSSR count). The van der Waals surface area contributed by atoms with Gasteiger partial charge in [-0.2, -0.15) is 0 Å². The first-order chi connectivity index (χ1) is 13.5. The summed E-state index contributed by atoms with van der Waals surface area (Å²) in [5.74, 6) is -0.274. The van der Waals surface area contributed by atoms with Gasteiger partial charge in [0.15, 0.2) is 0 Å². The SMILES string of the molecule is CCc1cccc(C)c1NCC(=O)Nc1ccc(C(=O)NCCCOC)cc1. The third kappa shape index (κ3) is 6.39. The van der Waals surface area contributed by atoms with Crippen LogP contribution in [0.2, 0.25) is 0 Å². The second-order valence-electron chi connectivity index (χ2n) is 6.54. The summed E-state index contributed by atoms with van der Waals surface area (Å²) in [6.45, 7) is 5.48. The van der Waals surface area contributed by atoms with Crippen molar-refractivity contribution in [2.45, 2.75) is 26.7 Å². The van der Waals surface area contributed by atoms with Crippen LogP contribution in [-0.2, 0) is 16.0 Å². The monoisotopic (exact) mass is 383 g/mol. The zero-order chi connectivity index (χ0) is 20.4. The summed E-state index contributed by atoms with van der Waals surface area (Å²) in [5, 5.41) is 8.91. The molecule has 0 aromatic heterocycles. The quantitative estimate of drug-likeness (QED) is 0.550. The largest absolute Gasteiger partial charge is 0.385 e. The number of nitrogens with one attached hydrogen (secondary N) is 3. The lowest BCUT2D eigenvalue weighted by Gasteiger charge is -2.14. The first kappa shape index (κ1) is 21.4. The Bertz CT molecular complexity index is 788. The third-order valence-corrected chi connectivity index (χ3v) is 4.41. The first-order valence-corrected chi connectivity index (χ1v) is 9.54. The van der Waals surface area contributed by atoms with E-state index in [0.29, 0.717) is 24.4 Å². The number of methoxy groups -OCH3 is 1. The molecule has 0 heterocycles. The molecule has 0 unspecified atom stereocenters. The standard InChI is InChI=1S/C22H29N3O3/c1-4-17-8-5-7-16(2)21(17)24-15-20(26)25-19-11-9-18(10-12-19)22(27)23-13-6-14-28-3/h5,7-12,24H,4,6,13-15H2,1-3H3,(H,23,27)(H,25,26). The molecule has 28 heavy (non-hydrogen) atoms. The van der Waals surface area contributed by atoms with Crippen LogP contribution in [0.3, 0.4) is 0 Å². The van der Waals surface area contributed by atoms with Crippen LogP contribution >= 0.6 is 0 Å². The summed E-state index contributed by atoms with van der Waals surface area (Å²) in [4.78, 5) is 24.3. The Kier molecular flexibility index (Phi) is 8.49. The summed E-state index contributed by atoms with van der Waals surface area (Å²) in [6, 6.07) is 13.0. The van der Waals surface area contributed by atoms with Crippen LogP contribution in [-0.4, -0.2) is 38.6 Å². The molecule has 6 nitrogen and oxygen atoms in total. The molecular formula is C22H29N3O3. The Hall–Kier alpha value is -2.86. The number of rotatable bonds is 10. The molecule has 0 fully saturated rings. The van der Waals surface area contributed by atoms with Gasteiger partial charge in [-0.3, -0.25) is 9.59 Å². The van der Waals surface area contributed by atoms with E-state index in [1.807, 2.05) is 19.1 Å². The number of hydrogen-bond donors (Lipinski definition) is 3. The Labute approximate surface area is 166 Å². The minimum atomic E-state index is -0.137. The van der Waals surface area contributed by atoms with Gasteiger partial charge in [-0.25, -0.2) is 0 Å². The van der Waals surface area contributed by atoms with Gasteiger partial charge in [0.1, 0.15) is 0 Å². The molecule has 0 saturated carbocycles. The van der Waals surface area contributed by atoms with Gasteiger partial charge in [-0.15, -0.1) is 0 Å². The van der Waals surface area contributed by atoms with Crippen LogP contribution in [0.4, 0.5) is 11.4 Å². The van der Waals surface area contributed by atoms with Gasteiger partial charge in [0.2, 0.25) is 5.91 Å². The van der Waals surface area contributed by atoms with Gasteiger partial charge >= 0.3 is 0 Å². The Morgan fingerprint density at radius 3 is 2.50 bits per heavy atom. The average molecular weight is 383 g/mol. The zero-order valence-corrected chi connectivity index (χ0v) is 16.8. The molecule has 0 spiro atoms. The number of amides is 2. The molecular weight excluding hydrogens is 354 g/mol. The highest BCUT2D eigenvalue weighted by molar-refractivity contribution is 5.96. The molecule has 2 aromatic rings. The smallest absolute Gasteiger partial charge is 0.251 e. The molecule has 0 aliphatic carbocycles. The Morgan fingerprint density at radius 1 is 1.07 bits per heavy atom. The number of aryl methyl sites for hydroxylation is 2. The van der Waals surface area contributed by atoms with Crippen LogP contribution in [0.25, 0.3) is 0 Å². The van der Waals surface area contributed by atoms with E-state index in [1.165, 1.54) is 5.56 Å². The minimum Gasteiger partial charge on any atom is -0.385 e. The third-order valence-electron chi connectivity index (χ3n) is 4.41. The highest BCUT2D eigenvalue weighted by Gasteiger charge is 2.08. The van der Waals surface area contributed by atoms with E-state index < -0.39 is 0 Å². The van der Waals surface area contributed by atoms with Crippen molar-refractivity contribution in [2.75, 3.05) is 37.4 Å². The van der Waals surface area contributed by atoms with Gasteiger partial charge < -0.3 is 20.7 Å². The molecule has 3 N–H and O–H groups in total. The number of benzene rings is 2. The summed E-state index contributed by atoms with van der Waals surface area (Å²) in [6.07, 6.45) is 1.67. The maximum Gasteiger partial charge on any atom is 0.251 e. The van der Waals surface area contributed by atoms with E-state index in [-0.39, 0.29) is 18.4 Å².